The van der Waals surface area contributed by atoms with Gasteiger partial charge in [0.25, 0.3) is 0 Å². The topological polar surface area (TPSA) is 71.4 Å². The number of para-hydroxylation sites is 2. The fourth-order valence-electron chi connectivity index (χ4n) is 3.29. The molecule has 0 saturated carbocycles. The molecule has 140 valence electrons. The second-order valence-corrected chi connectivity index (χ2v) is 6.31. The number of aromatic nitrogens is 1. The van der Waals surface area contributed by atoms with Crippen LogP contribution in [-0.4, -0.2) is 40.9 Å². The lowest BCUT2D eigenvalue weighted by atomic mass is 10.1. The normalized spacial score (nSPS) is 10.9. The summed E-state index contributed by atoms with van der Waals surface area (Å²) in [6, 6.07) is 14.6. The maximum Gasteiger partial charge on any atom is 0.242 e. The summed E-state index contributed by atoms with van der Waals surface area (Å²) >= 11 is 0. The van der Waals surface area contributed by atoms with E-state index in [9.17, 15) is 14.4 Å². The Kier molecular flexibility index (Phi) is 5.54. The van der Waals surface area contributed by atoms with Gasteiger partial charge in [-0.3, -0.25) is 14.4 Å². The van der Waals surface area contributed by atoms with E-state index in [2.05, 4.69) is 5.32 Å². The molecule has 0 saturated heterocycles. The lowest BCUT2D eigenvalue weighted by Crippen LogP contribution is -2.42. The highest BCUT2D eigenvalue weighted by Crippen LogP contribution is 2.19. The van der Waals surface area contributed by atoms with Gasteiger partial charge in [0, 0.05) is 23.9 Å². The number of carbonyl (C=O) groups is 2. The number of hydrogen-bond acceptors (Lipinski definition) is 3. The molecule has 2 amide bonds. The van der Waals surface area contributed by atoms with Crippen LogP contribution in [0.3, 0.4) is 0 Å². The van der Waals surface area contributed by atoms with Gasteiger partial charge in [-0.1, -0.05) is 24.3 Å². The summed E-state index contributed by atoms with van der Waals surface area (Å²) in [5.41, 5.74) is 1.38. The highest BCUT2D eigenvalue weighted by molar-refractivity contribution is 5.95. The number of nitrogens with zero attached hydrogens (tertiary/aromatic N) is 2. The van der Waals surface area contributed by atoms with Crippen LogP contribution in [-0.2, 0) is 16.1 Å². The highest BCUT2D eigenvalue weighted by atomic mass is 16.2. The molecular formula is C21H23N3O3. The van der Waals surface area contributed by atoms with E-state index < -0.39 is 0 Å². The standard InChI is InChI=1S/C21H23N3O3/c1-3-22-19(25)13-23(4-2)20(26)14-24-17-11-7-5-9-15(17)21(27)16-10-6-8-12-18(16)24/h5-12H,3-4,13-14H2,1-2H3,(H,22,25). The van der Waals surface area contributed by atoms with E-state index in [0.29, 0.717) is 34.9 Å². The van der Waals surface area contributed by atoms with Crippen molar-refractivity contribution < 1.29 is 9.59 Å². The quantitative estimate of drug-likeness (QED) is 0.681. The molecule has 6 heteroatoms. The number of pyridine rings is 1. The minimum Gasteiger partial charge on any atom is -0.355 e. The van der Waals surface area contributed by atoms with Crippen molar-refractivity contribution in [3.8, 4) is 0 Å². The van der Waals surface area contributed by atoms with Crippen LogP contribution < -0.4 is 10.7 Å². The second kappa shape index (κ2) is 8.03. The van der Waals surface area contributed by atoms with Crippen LogP contribution in [0.15, 0.2) is 53.3 Å². The molecule has 1 aromatic heterocycles. The number of hydrogen-bond donors (Lipinski definition) is 1. The molecular weight excluding hydrogens is 342 g/mol. The third-order valence-corrected chi connectivity index (χ3v) is 4.62. The number of rotatable bonds is 6. The Morgan fingerprint density at radius 1 is 0.963 bits per heavy atom. The molecule has 0 spiro atoms. The van der Waals surface area contributed by atoms with Gasteiger partial charge in [-0.05, 0) is 38.1 Å². The molecule has 27 heavy (non-hydrogen) atoms. The van der Waals surface area contributed by atoms with Crippen LogP contribution in [0.1, 0.15) is 13.8 Å². The van der Waals surface area contributed by atoms with Crippen molar-refractivity contribution in [2.45, 2.75) is 20.4 Å². The van der Waals surface area contributed by atoms with Gasteiger partial charge >= 0.3 is 0 Å². The van der Waals surface area contributed by atoms with Crippen molar-refractivity contribution >= 4 is 33.6 Å². The summed E-state index contributed by atoms with van der Waals surface area (Å²) in [5, 5.41) is 3.87. The Balaban J connectivity index is 2.05. The monoisotopic (exact) mass is 365 g/mol. The first-order chi connectivity index (χ1) is 13.1. The van der Waals surface area contributed by atoms with Crippen LogP contribution in [0.5, 0.6) is 0 Å². The highest BCUT2D eigenvalue weighted by Gasteiger charge is 2.18. The zero-order valence-corrected chi connectivity index (χ0v) is 15.6. The fourth-order valence-corrected chi connectivity index (χ4v) is 3.29. The number of nitrogens with one attached hydrogen (secondary N) is 1. The van der Waals surface area contributed by atoms with E-state index in [1.165, 1.54) is 4.90 Å². The first-order valence-corrected chi connectivity index (χ1v) is 9.11. The first-order valence-electron chi connectivity index (χ1n) is 9.11. The van der Waals surface area contributed by atoms with Crippen molar-refractivity contribution in [1.29, 1.82) is 0 Å². The number of carbonyl (C=O) groups excluding carboxylic acids is 2. The first kappa shape index (κ1) is 18.6. The van der Waals surface area contributed by atoms with E-state index in [1.807, 2.05) is 54.8 Å². The molecule has 2 aromatic carbocycles. The van der Waals surface area contributed by atoms with Crippen molar-refractivity contribution in [1.82, 2.24) is 14.8 Å². The Labute approximate surface area is 157 Å². The lowest BCUT2D eigenvalue weighted by Gasteiger charge is -2.22. The Bertz CT molecular complexity index is 995. The maximum atomic E-state index is 12.9. The van der Waals surface area contributed by atoms with Gasteiger partial charge < -0.3 is 14.8 Å². The molecule has 3 aromatic rings. The molecule has 0 unspecified atom stereocenters. The molecule has 1 heterocycles. The van der Waals surface area contributed by atoms with Gasteiger partial charge in [0.15, 0.2) is 5.43 Å². The van der Waals surface area contributed by atoms with Crippen LogP contribution in [0.25, 0.3) is 21.8 Å². The molecule has 0 bridgehead atoms. The average molecular weight is 365 g/mol. The minimum atomic E-state index is -0.178. The SMILES string of the molecule is CCNC(=O)CN(CC)C(=O)Cn1c2ccccc2c(=O)c2ccccc21. The van der Waals surface area contributed by atoms with E-state index in [1.54, 1.807) is 12.1 Å². The third-order valence-electron chi connectivity index (χ3n) is 4.62. The van der Waals surface area contributed by atoms with E-state index >= 15 is 0 Å². The van der Waals surface area contributed by atoms with Crippen LogP contribution in [0, 0.1) is 0 Å². The third kappa shape index (κ3) is 3.69. The maximum absolute atomic E-state index is 12.9. The summed E-state index contributed by atoms with van der Waals surface area (Å²) in [7, 11) is 0. The summed E-state index contributed by atoms with van der Waals surface area (Å²) in [5.74, 6) is -0.343. The van der Waals surface area contributed by atoms with Gasteiger partial charge in [-0.15, -0.1) is 0 Å². The fraction of sp³-hybridized carbons (Fsp3) is 0.286. The minimum absolute atomic E-state index is 0.0270. The van der Waals surface area contributed by atoms with E-state index in [0.717, 1.165) is 0 Å². The van der Waals surface area contributed by atoms with Gasteiger partial charge in [-0.2, -0.15) is 0 Å². The zero-order chi connectivity index (χ0) is 19.4. The number of fused-ring (bicyclic) bond motifs is 2. The van der Waals surface area contributed by atoms with Gasteiger partial charge in [-0.25, -0.2) is 0 Å². The predicted molar refractivity (Wildman–Crippen MR) is 107 cm³/mol. The van der Waals surface area contributed by atoms with Crippen LogP contribution in [0.2, 0.25) is 0 Å². The molecule has 0 fully saturated rings. The number of likely N-dealkylation sites (N-methyl/N-ethyl adjacent to an activating group) is 2. The van der Waals surface area contributed by atoms with Crippen molar-refractivity contribution in [2.75, 3.05) is 19.6 Å². The Morgan fingerprint density at radius 3 is 2.04 bits per heavy atom. The summed E-state index contributed by atoms with van der Waals surface area (Å²) in [4.78, 5) is 39.1. The van der Waals surface area contributed by atoms with Gasteiger partial charge in [0.1, 0.15) is 6.54 Å². The van der Waals surface area contributed by atoms with E-state index in [-0.39, 0.29) is 30.3 Å². The molecule has 0 aliphatic carbocycles. The molecule has 1 N–H and O–H groups in total. The van der Waals surface area contributed by atoms with E-state index in [4.69, 9.17) is 0 Å². The zero-order valence-electron chi connectivity index (χ0n) is 15.6. The molecule has 3 rings (SSSR count). The number of benzene rings is 2. The molecule has 6 nitrogen and oxygen atoms in total. The van der Waals surface area contributed by atoms with Crippen LogP contribution >= 0.6 is 0 Å². The second-order valence-electron chi connectivity index (χ2n) is 6.31. The molecule has 0 atom stereocenters. The summed E-state index contributed by atoms with van der Waals surface area (Å²) in [6.45, 7) is 4.74. The smallest absolute Gasteiger partial charge is 0.242 e. The number of amides is 2. The molecule has 0 radical (unpaired) electrons. The average Bonchev–Trinajstić information content (AvgIpc) is 2.69. The Hall–Kier alpha value is -3.15. The van der Waals surface area contributed by atoms with Crippen LogP contribution in [0.4, 0.5) is 0 Å². The van der Waals surface area contributed by atoms with Gasteiger partial charge in [0.2, 0.25) is 11.8 Å². The van der Waals surface area contributed by atoms with Crippen molar-refractivity contribution in [3.63, 3.8) is 0 Å². The molecule has 0 aliphatic rings. The van der Waals surface area contributed by atoms with Crippen molar-refractivity contribution in [3.05, 3.63) is 58.8 Å². The van der Waals surface area contributed by atoms with Gasteiger partial charge in [0.05, 0.1) is 17.6 Å². The lowest BCUT2D eigenvalue weighted by molar-refractivity contribution is -0.136. The summed E-state index contributed by atoms with van der Waals surface area (Å²) < 4.78 is 1.86. The molecule has 0 aliphatic heterocycles. The Morgan fingerprint density at radius 2 is 1.52 bits per heavy atom. The van der Waals surface area contributed by atoms with Crippen molar-refractivity contribution in [2.24, 2.45) is 0 Å². The largest absolute Gasteiger partial charge is 0.355 e. The predicted octanol–water partition coefficient (Wildman–Crippen LogP) is 2.14. The summed E-state index contributed by atoms with van der Waals surface area (Å²) in [6.07, 6.45) is 0.